The minimum absolute atomic E-state index is 0.0843. The van der Waals surface area contributed by atoms with Crippen molar-refractivity contribution in [2.75, 3.05) is 13.7 Å². The maximum absolute atomic E-state index is 13.4. The largest absolute Gasteiger partial charge is 0.473 e. The highest BCUT2D eigenvalue weighted by Crippen LogP contribution is 2.23. The van der Waals surface area contributed by atoms with Crippen LogP contribution < -0.4 is 4.74 Å². The molecular weight excluding hydrogens is 571 g/mol. The number of ether oxygens (including phenoxy) is 3. The van der Waals surface area contributed by atoms with Gasteiger partial charge in [-0.2, -0.15) is 0 Å². The number of methoxy groups -OCH3 is 1. The van der Waals surface area contributed by atoms with Crippen molar-refractivity contribution in [3.8, 4) is 5.88 Å². The molecule has 0 aliphatic carbocycles. The second kappa shape index (κ2) is 12.6. The van der Waals surface area contributed by atoms with Crippen molar-refractivity contribution in [3.63, 3.8) is 0 Å². The van der Waals surface area contributed by atoms with Crippen LogP contribution in [-0.4, -0.2) is 24.7 Å². The SMILES string of the molecule is [C-]#[N+]c1ccc(COc2ccc(F)c(Br)n2)c(CCOCc2cc(Br)ccc2CC(=O)OC)c1. The Morgan fingerprint density at radius 3 is 2.56 bits per heavy atom. The van der Waals surface area contributed by atoms with Gasteiger partial charge in [0, 0.05) is 10.5 Å². The lowest BCUT2D eigenvalue weighted by Crippen LogP contribution is -2.09. The lowest BCUT2D eigenvalue weighted by atomic mass is 10.0. The molecule has 34 heavy (non-hydrogen) atoms. The summed E-state index contributed by atoms with van der Waals surface area (Å²) in [6.45, 7) is 8.25. The summed E-state index contributed by atoms with van der Waals surface area (Å²) in [4.78, 5) is 19.2. The number of nitrogens with zero attached hydrogens (tertiary/aromatic N) is 2. The second-order valence-electron chi connectivity index (χ2n) is 7.24. The van der Waals surface area contributed by atoms with Crippen LogP contribution in [0.15, 0.2) is 57.6 Å². The molecule has 0 saturated heterocycles. The Morgan fingerprint density at radius 2 is 1.82 bits per heavy atom. The molecule has 0 unspecified atom stereocenters. The van der Waals surface area contributed by atoms with E-state index in [4.69, 9.17) is 20.8 Å². The zero-order chi connectivity index (χ0) is 24.5. The van der Waals surface area contributed by atoms with Gasteiger partial charge in [-0.15, -0.1) is 0 Å². The molecule has 0 fully saturated rings. The summed E-state index contributed by atoms with van der Waals surface area (Å²) in [6.07, 6.45) is 0.730. The van der Waals surface area contributed by atoms with Gasteiger partial charge in [0.15, 0.2) is 11.5 Å². The third-order valence-corrected chi connectivity index (χ3v) is 6.03. The predicted molar refractivity (Wildman–Crippen MR) is 132 cm³/mol. The van der Waals surface area contributed by atoms with Gasteiger partial charge in [-0.3, -0.25) is 4.79 Å². The maximum Gasteiger partial charge on any atom is 0.309 e. The van der Waals surface area contributed by atoms with E-state index >= 15 is 0 Å². The van der Waals surface area contributed by atoms with Gasteiger partial charge in [0.2, 0.25) is 5.88 Å². The minimum atomic E-state index is -0.466. The lowest BCUT2D eigenvalue weighted by molar-refractivity contribution is -0.139. The number of pyridine rings is 1. The van der Waals surface area contributed by atoms with Crippen LogP contribution in [0.3, 0.4) is 0 Å². The van der Waals surface area contributed by atoms with Crippen molar-refractivity contribution in [2.45, 2.75) is 26.1 Å². The fourth-order valence-corrected chi connectivity index (χ4v) is 3.90. The van der Waals surface area contributed by atoms with Crippen molar-refractivity contribution in [1.29, 1.82) is 0 Å². The molecule has 2 aromatic carbocycles. The van der Waals surface area contributed by atoms with E-state index in [1.54, 1.807) is 6.07 Å². The van der Waals surface area contributed by atoms with E-state index in [9.17, 15) is 9.18 Å². The Balaban J connectivity index is 1.64. The number of benzene rings is 2. The molecule has 3 rings (SSSR count). The number of hydrogen-bond donors (Lipinski definition) is 0. The Morgan fingerprint density at radius 1 is 1.03 bits per heavy atom. The molecule has 0 amide bonds. The summed E-state index contributed by atoms with van der Waals surface area (Å²) >= 11 is 6.50. The van der Waals surface area contributed by atoms with Crippen LogP contribution in [0.4, 0.5) is 10.1 Å². The van der Waals surface area contributed by atoms with Gasteiger partial charge in [-0.05, 0) is 62.8 Å². The summed E-state index contributed by atoms with van der Waals surface area (Å²) in [6, 6.07) is 13.8. The van der Waals surface area contributed by atoms with Crippen molar-refractivity contribution < 1.29 is 23.4 Å². The molecule has 0 aliphatic rings. The van der Waals surface area contributed by atoms with E-state index in [1.807, 2.05) is 30.3 Å². The molecule has 0 spiro atoms. The molecule has 0 bridgehead atoms. The number of hydrogen-bond acceptors (Lipinski definition) is 5. The van der Waals surface area contributed by atoms with E-state index in [-0.39, 0.29) is 29.5 Å². The summed E-state index contributed by atoms with van der Waals surface area (Å²) in [5.74, 6) is -0.490. The highest BCUT2D eigenvalue weighted by molar-refractivity contribution is 9.10. The van der Waals surface area contributed by atoms with Crippen molar-refractivity contribution >= 4 is 43.5 Å². The quantitative estimate of drug-likeness (QED) is 0.119. The number of carbonyl (C=O) groups excluding carboxylic acids is 1. The molecule has 0 N–H and O–H groups in total. The topological polar surface area (TPSA) is 62.0 Å². The van der Waals surface area contributed by atoms with Crippen molar-refractivity contribution in [2.24, 2.45) is 0 Å². The molecule has 1 aromatic heterocycles. The Bertz CT molecular complexity index is 1210. The summed E-state index contributed by atoms with van der Waals surface area (Å²) in [7, 11) is 1.36. The average Bonchev–Trinajstić information content (AvgIpc) is 2.84. The Labute approximate surface area is 214 Å². The fraction of sp³-hybridized carbons (Fsp3) is 0.240. The number of esters is 1. The minimum Gasteiger partial charge on any atom is -0.473 e. The van der Waals surface area contributed by atoms with Crippen molar-refractivity contribution in [1.82, 2.24) is 4.98 Å². The van der Waals surface area contributed by atoms with Crippen molar-refractivity contribution in [3.05, 3.63) is 97.1 Å². The first-order valence-electron chi connectivity index (χ1n) is 10.3. The van der Waals surface area contributed by atoms with Gasteiger partial charge >= 0.3 is 5.97 Å². The second-order valence-corrected chi connectivity index (χ2v) is 8.91. The monoisotopic (exact) mass is 590 g/mol. The van der Waals surface area contributed by atoms with Crippen LogP contribution in [0.2, 0.25) is 0 Å². The molecule has 0 atom stereocenters. The molecule has 0 saturated carbocycles. The van der Waals surface area contributed by atoms with Gasteiger partial charge in [-0.25, -0.2) is 14.2 Å². The van der Waals surface area contributed by atoms with Crippen LogP contribution in [0.25, 0.3) is 4.85 Å². The Hall–Kier alpha value is -2.80. The predicted octanol–water partition coefficient (Wildman–Crippen LogP) is 6.35. The van der Waals surface area contributed by atoms with E-state index in [2.05, 4.69) is 41.7 Å². The van der Waals surface area contributed by atoms with E-state index in [0.29, 0.717) is 25.3 Å². The molecule has 176 valence electrons. The first-order chi connectivity index (χ1) is 16.4. The molecule has 3 aromatic rings. The van der Waals surface area contributed by atoms with Crippen LogP contribution in [0, 0.1) is 12.4 Å². The fourth-order valence-electron chi connectivity index (χ4n) is 3.18. The highest BCUT2D eigenvalue weighted by atomic mass is 79.9. The number of aromatic nitrogens is 1. The van der Waals surface area contributed by atoms with Crippen LogP contribution in [0.5, 0.6) is 5.88 Å². The third-order valence-electron chi connectivity index (χ3n) is 4.98. The average molecular weight is 592 g/mol. The van der Waals surface area contributed by atoms with Gasteiger partial charge in [0.25, 0.3) is 0 Å². The molecule has 1 heterocycles. The lowest BCUT2D eigenvalue weighted by Gasteiger charge is -2.13. The summed E-state index contributed by atoms with van der Waals surface area (Å²) < 4.78 is 30.8. The molecule has 9 heteroatoms. The first kappa shape index (κ1) is 25.8. The normalized spacial score (nSPS) is 10.6. The number of carbonyl (C=O) groups is 1. The number of rotatable bonds is 10. The van der Waals surface area contributed by atoms with Gasteiger partial charge in [-0.1, -0.05) is 40.2 Å². The standard InChI is InChI=1S/C25H21Br2FN2O4/c1-29-21-6-4-18(15-34-23-8-7-22(28)25(27)30-23)17(12-21)9-10-33-14-19-11-20(26)5-3-16(19)13-24(31)32-2/h3-8,11-12H,9-10,13-15H2,2H3. The highest BCUT2D eigenvalue weighted by Gasteiger charge is 2.11. The molecule has 0 aliphatic heterocycles. The summed E-state index contributed by atoms with van der Waals surface area (Å²) in [5.41, 5.74) is 4.06. The van der Waals surface area contributed by atoms with E-state index in [0.717, 1.165) is 26.7 Å². The number of halogens is 3. The zero-order valence-electron chi connectivity index (χ0n) is 18.3. The molecular formula is C25H21Br2FN2O4. The molecule has 0 radical (unpaired) electrons. The van der Waals surface area contributed by atoms with Gasteiger partial charge in [0.1, 0.15) is 11.2 Å². The van der Waals surface area contributed by atoms with Gasteiger partial charge < -0.3 is 14.2 Å². The summed E-state index contributed by atoms with van der Waals surface area (Å²) in [5, 5.41) is 0. The molecule has 6 nitrogen and oxygen atoms in total. The van der Waals surface area contributed by atoms with E-state index < -0.39 is 5.82 Å². The Kier molecular flexibility index (Phi) is 9.57. The maximum atomic E-state index is 13.4. The van der Waals surface area contributed by atoms with Crippen LogP contribution in [0.1, 0.15) is 22.3 Å². The smallest absolute Gasteiger partial charge is 0.309 e. The van der Waals surface area contributed by atoms with E-state index in [1.165, 1.54) is 19.2 Å². The van der Waals surface area contributed by atoms with Crippen LogP contribution in [-0.2, 0) is 40.3 Å². The van der Waals surface area contributed by atoms with Crippen LogP contribution >= 0.6 is 31.9 Å². The van der Waals surface area contributed by atoms with Gasteiger partial charge in [0.05, 0.1) is 33.3 Å². The third kappa shape index (κ3) is 7.35. The first-order valence-corrected chi connectivity index (χ1v) is 11.8. The zero-order valence-corrected chi connectivity index (χ0v) is 21.5.